The van der Waals surface area contributed by atoms with Crippen molar-refractivity contribution >= 4 is 5.69 Å². The van der Waals surface area contributed by atoms with Crippen LogP contribution in [0, 0.1) is 0 Å². The lowest BCUT2D eigenvalue weighted by molar-refractivity contribution is 0.0683. The smallest absolute Gasteiger partial charge is 0.258 e. The summed E-state index contributed by atoms with van der Waals surface area (Å²) in [5, 5.41) is 7.44. The van der Waals surface area contributed by atoms with Crippen LogP contribution in [-0.4, -0.2) is 23.3 Å². The fourth-order valence-corrected chi connectivity index (χ4v) is 2.54. The molecule has 0 aliphatic carbocycles. The number of anilines is 1. The lowest BCUT2D eigenvalue weighted by Crippen LogP contribution is -2.12. The molecule has 0 bridgehead atoms. The van der Waals surface area contributed by atoms with Crippen molar-refractivity contribution in [3.8, 4) is 11.5 Å². The molecule has 0 spiro atoms. The van der Waals surface area contributed by atoms with Crippen LogP contribution in [0.2, 0.25) is 0 Å². The molecule has 0 saturated heterocycles. The molecule has 3 rings (SSSR count). The Labute approximate surface area is 118 Å². The van der Waals surface area contributed by atoms with Crippen molar-refractivity contribution in [3.63, 3.8) is 0 Å². The highest BCUT2D eigenvalue weighted by molar-refractivity contribution is 5.69. The standard InChI is InChI=1S/C15H19N3O2/c1-3-19-10(2)14-17-15(20-18-14)12-6-4-8-13-11(12)7-5-9-16-13/h4,6,8,10,16H,3,5,7,9H2,1-2H3. The summed E-state index contributed by atoms with van der Waals surface area (Å²) < 4.78 is 10.9. The van der Waals surface area contributed by atoms with Gasteiger partial charge in [0.2, 0.25) is 5.82 Å². The second-order valence-corrected chi connectivity index (χ2v) is 4.92. The zero-order valence-corrected chi connectivity index (χ0v) is 11.8. The molecule has 1 aromatic carbocycles. The molecule has 1 aliphatic heterocycles. The van der Waals surface area contributed by atoms with Gasteiger partial charge in [0.15, 0.2) is 0 Å². The van der Waals surface area contributed by atoms with Crippen molar-refractivity contribution in [1.29, 1.82) is 0 Å². The number of hydrogen-bond acceptors (Lipinski definition) is 5. The Morgan fingerprint density at radius 2 is 2.35 bits per heavy atom. The third-order valence-corrected chi connectivity index (χ3v) is 3.55. The van der Waals surface area contributed by atoms with Crippen molar-refractivity contribution in [1.82, 2.24) is 10.1 Å². The van der Waals surface area contributed by atoms with Gasteiger partial charge < -0.3 is 14.6 Å². The van der Waals surface area contributed by atoms with Crippen LogP contribution in [0.1, 0.15) is 37.8 Å². The van der Waals surface area contributed by atoms with Gasteiger partial charge in [-0.15, -0.1) is 0 Å². The van der Waals surface area contributed by atoms with Gasteiger partial charge in [0, 0.05) is 24.4 Å². The first-order valence-electron chi connectivity index (χ1n) is 7.11. The van der Waals surface area contributed by atoms with Gasteiger partial charge in [-0.25, -0.2) is 0 Å². The van der Waals surface area contributed by atoms with Crippen LogP contribution >= 0.6 is 0 Å². The summed E-state index contributed by atoms with van der Waals surface area (Å²) in [6.07, 6.45) is 2.02. The van der Waals surface area contributed by atoms with Gasteiger partial charge >= 0.3 is 0 Å². The molecule has 0 saturated carbocycles. The van der Waals surface area contributed by atoms with Crippen LogP contribution in [0.4, 0.5) is 5.69 Å². The molecular formula is C15H19N3O2. The predicted molar refractivity (Wildman–Crippen MR) is 76.6 cm³/mol. The third kappa shape index (κ3) is 2.41. The number of fused-ring (bicyclic) bond motifs is 1. The maximum Gasteiger partial charge on any atom is 0.258 e. The monoisotopic (exact) mass is 273 g/mol. The largest absolute Gasteiger partial charge is 0.385 e. The summed E-state index contributed by atoms with van der Waals surface area (Å²) in [5.41, 5.74) is 3.46. The Morgan fingerprint density at radius 3 is 3.20 bits per heavy atom. The Hall–Kier alpha value is -1.88. The fraction of sp³-hybridized carbons (Fsp3) is 0.467. The second kappa shape index (κ2) is 5.63. The Bertz CT molecular complexity index is 595. The van der Waals surface area contributed by atoms with Gasteiger partial charge in [0.05, 0.1) is 0 Å². The van der Waals surface area contributed by atoms with E-state index in [0.717, 1.165) is 24.9 Å². The number of rotatable bonds is 4. The van der Waals surface area contributed by atoms with E-state index in [4.69, 9.17) is 9.26 Å². The number of benzene rings is 1. The molecule has 2 heterocycles. The van der Waals surface area contributed by atoms with Crippen LogP contribution in [0.15, 0.2) is 22.7 Å². The zero-order valence-electron chi connectivity index (χ0n) is 11.8. The summed E-state index contributed by atoms with van der Waals surface area (Å²) in [7, 11) is 0. The highest BCUT2D eigenvalue weighted by Crippen LogP contribution is 2.32. The van der Waals surface area contributed by atoms with E-state index in [9.17, 15) is 0 Å². The first-order valence-corrected chi connectivity index (χ1v) is 7.11. The fourth-order valence-electron chi connectivity index (χ4n) is 2.54. The quantitative estimate of drug-likeness (QED) is 0.927. The van der Waals surface area contributed by atoms with E-state index in [0.29, 0.717) is 18.3 Å². The van der Waals surface area contributed by atoms with Crippen molar-refractivity contribution < 1.29 is 9.26 Å². The van der Waals surface area contributed by atoms with Crippen LogP contribution < -0.4 is 5.32 Å². The topological polar surface area (TPSA) is 60.2 Å². The first kappa shape index (κ1) is 13.1. The number of nitrogens with one attached hydrogen (secondary N) is 1. The molecular weight excluding hydrogens is 254 g/mol. The molecule has 0 radical (unpaired) electrons. The average Bonchev–Trinajstić information content (AvgIpc) is 2.97. The molecule has 1 N–H and O–H groups in total. The van der Waals surface area contributed by atoms with Crippen LogP contribution in [-0.2, 0) is 11.2 Å². The molecule has 106 valence electrons. The summed E-state index contributed by atoms with van der Waals surface area (Å²) >= 11 is 0. The van der Waals surface area contributed by atoms with E-state index in [1.807, 2.05) is 26.0 Å². The third-order valence-electron chi connectivity index (χ3n) is 3.55. The molecule has 1 aliphatic rings. The van der Waals surface area contributed by atoms with Gasteiger partial charge in [0.25, 0.3) is 5.89 Å². The lowest BCUT2D eigenvalue weighted by atomic mass is 9.97. The van der Waals surface area contributed by atoms with E-state index in [-0.39, 0.29) is 6.10 Å². The highest BCUT2D eigenvalue weighted by atomic mass is 16.5. The van der Waals surface area contributed by atoms with Crippen LogP contribution in [0.3, 0.4) is 0 Å². The van der Waals surface area contributed by atoms with Crippen LogP contribution in [0.25, 0.3) is 11.5 Å². The highest BCUT2D eigenvalue weighted by Gasteiger charge is 2.19. The molecule has 1 aromatic heterocycles. The summed E-state index contributed by atoms with van der Waals surface area (Å²) in [4.78, 5) is 4.48. The first-order chi connectivity index (χ1) is 9.79. The van der Waals surface area contributed by atoms with E-state index in [1.165, 1.54) is 11.3 Å². The Kier molecular flexibility index (Phi) is 3.69. The molecule has 20 heavy (non-hydrogen) atoms. The minimum Gasteiger partial charge on any atom is -0.385 e. The molecule has 0 fully saturated rings. The number of hydrogen-bond donors (Lipinski definition) is 1. The zero-order chi connectivity index (χ0) is 13.9. The van der Waals surface area contributed by atoms with Crippen molar-refractivity contribution in [3.05, 3.63) is 29.6 Å². The molecule has 1 atom stereocenters. The van der Waals surface area contributed by atoms with Crippen molar-refractivity contribution in [2.24, 2.45) is 0 Å². The number of ether oxygens (including phenoxy) is 1. The van der Waals surface area contributed by atoms with E-state index < -0.39 is 0 Å². The minimum atomic E-state index is -0.143. The summed E-state index contributed by atoms with van der Waals surface area (Å²) in [6, 6.07) is 6.15. The minimum absolute atomic E-state index is 0.143. The lowest BCUT2D eigenvalue weighted by Gasteiger charge is -2.19. The van der Waals surface area contributed by atoms with E-state index in [1.54, 1.807) is 0 Å². The molecule has 5 heteroatoms. The molecule has 1 unspecified atom stereocenters. The molecule has 2 aromatic rings. The predicted octanol–water partition coefficient (Wildman–Crippen LogP) is 3.19. The van der Waals surface area contributed by atoms with Crippen molar-refractivity contribution in [2.45, 2.75) is 32.8 Å². The number of nitrogens with zero attached hydrogens (tertiary/aromatic N) is 2. The van der Waals surface area contributed by atoms with Crippen molar-refractivity contribution in [2.75, 3.05) is 18.5 Å². The Morgan fingerprint density at radius 1 is 1.45 bits per heavy atom. The SMILES string of the molecule is CCOC(C)c1noc(-c2cccc3c2CCCN3)n1. The van der Waals surface area contributed by atoms with Crippen LogP contribution in [0.5, 0.6) is 0 Å². The van der Waals surface area contributed by atoms with Gasteiger partial charge in [-0.1, -0.05) is 11.2 Å². The van der Waals surface area contributed by atoms with E-state index in [2.05, 4.69) is 21.5 Å². The summed E-state index contributed by atoms with van der Waals surface area (Å²) in [5.74, 6) is 1.18. The Balaban J connectivity index is 1.94. The molecule has 0 amide bonds. The maximum atomic E-state index is 5.49. The average molecular weight is 273 g/mol. The van der Waals surface area contributed by atoms with Gasteiger partial charge in [-0.05, 0) is 44.4 Å². The van der Waals surface area contributed by atoms with Gasteiger partial charge in [-0.3, -0.25) is 0 Å². The second-order valence-electron chi connectivity index (χ2n) is 4.92. The number of aromatic nitrogens is 2. The normalized spacial score (nSPS) is 15.5. The van der Waals surface area contributed by atoms with Gasteiger partial charge in [0.1, 0.15) is 6.10 Å². The van der Waals surface area contributed by atoms with E-state index >= 15 is 0 Å². The molecule has 5 nitrogen and oxygen atoms in total. The maximum absolute atomic E-state index is 5.49. The summed E-state index contributed by atoms with van der Waals surface area (Å²) in [6.45, 7) is 5.54. The van der Waals surface area contributed by atoms with Gasteiger partial charge in [-0.2, -0.15) is 4.98 Å².